The molecule has 1 fully saturated rings. The zero-order chi connectivity index (χ0) is 21.9. The third-order valence-corrected chi connectivity index (χ3v) is 5.03. The molecule has 2 aromatic rings. The minimum atomic E-state index is -0.0482. The first-order valence-electron chi connectivity index (χ1n) is 10.9. The monoisotopic (exact) mass is 554 g/mol. The normalized spacial score (nSPS) is 14.8. The highest BCUT2D eigenvalue weighted by Gasteiger charge is 2.11. The molecule has 1 saturated heterocycles. The first kappa shape index (κ1) is 26.1. The van der Waals surface area contributed by atoms with Gasteiger partial charge in [-0.1, -0.05) is 24.3 Å². The summed E-state index contributed by atoms with van der Waals surface area (Å²) < 4.78 is 16.8. The average molecular weight is 554 g/mol. The number of para-hydroxylation sites is 2. The molecule has 1 aliphatic rings. The Hall–Kier alpha value is -2.20. The third-order valence-electron chi connectivity index (χ3n) is 5.03. The van der Waals surface area contributed by atoms with Gasteiger partial charge in [0.25, 0.3) is 0 Å². The number of benzene rings is 2. The van der Waals surface area contributed by atoms with Crippen molar-refractivity contribution in [1.29, 1.82) is 0 Å². The third kappa shape index (κ3) is 8.05. The first-order chi connectivity index (χ1) is 15.2. The molecule has 2 aromatic carbocycles. The molecule has 1 heterocycles. The van der Waals surface area contributed by atoms with Gasteiger partial charge in [-0.05, 0) is 43.7 Å². The van der Waals surface area contributed by atoms with Crippen LogP contribution < -0.4 is 25.0 Å². The Labute approximate surface area is 208 Å². The van der Waals surface area contributed by atoms with Crippen LogP contribution in [0.4, 0.5) is 5.69 Å². The largest absolute Gasteiger partial charge is 0.493 e. The molecule has 0 aliphatic carbocycles. The van der Waals surface area contributed by atoms with Gasteiger partial charge in [0.05, 0.1) is 33.4 Å². The second-order valence-electron chi connectivity index (χ2n) is 7.42. The molecule has 0 saturated carbocycles. The maximum Gasteiger partial charge on any atom is 0.191 e. The van der Waals surface area contributed by atoms with Crippen LogP contribution in [0.3, 0.4) is 0 Å². The molecule has 8 heteroatoms. The topological polar surface area (TPSA) is 67.4 Å². The van der Waals surface area contributed by atoms with Gasteiger partial charge in [-0.2, -0.15) is 0 Å². The summed E-state index contributed by atoms with van der Waals surface area (Å²) in [5, 5.41) is 6.66. The molecule has 0 radical (unpaired) electrons. The lowest BCUT2D eigenvalue weighted by Crippen LogP contribution is -2.41. The molecule has 2 N–H and O–H groups in total. The minimum absolute atomic E-state index is 0. The van der Waals surface area contributed by atoms with Crippen molar-refractivity contribution in [2.45, 2.75) is 26.5 Å². The highest BCUT2D eigenvalue weighted by molar-refractivity contribution is 14.0. The smallest absolute Gasteiger partial charge is 0.191 e. The number of nitrogens with one attached hydrogen (secondary N) is 2. The van der Waals surface area contributed by atoms with Gasteiger partial charge in [-0.25, -0.2) is 4.99 Å². The predicted molar refractivity (Wildman–Crippen MR) is 141 cm³/mol. The molecule has 7 nitrogen and oxygen atoms in total. The van der Waals surface area contributed by atoms with Crippen LogP contribution >= 0.6 is 24.0 Å². The summed E-state index contributed by atoms with van der Waals surface area (Å²) in [5.74, 6) is 2.24. The van der Waals surface area contributed by atoms with E-state index in [2.05, 4.69) is 46.7 Å². The van der Waals surface area contributed by atoms with Gasteiger partial charge in [0, 0.05) is 25.3 Å². The minimum Gasteiger partial charge on any atom is -0.493 e. The van der Waals surface area contributed by atoms with Crippen molar-refractivity contribution in [2.24, 2.45) is 4.99 Å². The van der Waals surface area contributed by atoms with Crippen molar-refractivity contribution in [1.82, 2.24) is 10.6 Å². The number of anilines is 1. The molecular weight excluding hydrogens is 519 g/mol. The van der Waals surface area contributed by atoms with Gasteiger partial charge >= 0.3 is 0 Å². The van der Waals surface area contributed by atoms with E-state index in [1.54, 1.807) is 7.11 Å². The van der Waals surface area contributed by atoms with Crippen LogP contribution in [0.15, 0.2) is 53.5 Å². The van der Waals surface area contributed by atoms with Crippen LogP contribution in [0.25, 0.3) is 0 Å². The number of ether oxygens (including phenoxy) is 3. The molecule has 0 aromatic heterocycles. The number of nitrogens with zero attached hydrogens (tertiary/aromatic N) is 2. The standard InChI is InChI=1S/C24H34N4O3.HI/c1-4-25-24(26-17-19(2)31-23-8-6-5-7-22(23)29-3)27-18-20-9-11-21(12-10-20)28-13-15-30-16-14-28;/h5-12,19H,4,13-18H2,1-3H3,(H2,25,26,27);1H. The van der Waals surface area contributed by atoms with E-state index < -0.39 is 0 Å². The molecule has 1 unspecified atom stereocenters. The highest BCUT2D eigenvalue weighted by Crippen LogP contribution is 2.26. The van der Waals surface area contributed by atoms with E-state index in [4.69, 9.17) is 19.2 Å². The summed E-state index contributed by atoms with van der Waals surface area (Å²) in [4.78, 5) is 7.07. The lowest BCUT2D eigenvalue weighted by atomic mass is 10.2. The second kappa shape index (κ2) is 14.1. The molecule has 32 heavy (non-hydrogen) atoms. The Balaban J connectivity index is 0.00000363. The molecule has 1 atom stereocenters. The summed E-state index contributed by atoms with van der Waals surface area (Å²) in [5.41, 5.74) is 2.41. The fourth-order valence-corrected chi connectivity index (χ4v) is 3.36. The maximum absolute atomic E-state index is 6.01. The van der Waals surface area contributed by atoms with Crippen LogP contribution in [0, 0.1) is 0 Å². The Kier molecular flexibility index (Phi) is 11.4. The van der Waals surface area contributed by atoms with E-state index in [0.29, 0.717) is 13.1 Å². The zero-order valence-electron chi connectivity index (χ0n) is 19.2. The summed E-state index contributed by atoms with van der Waals surface area (Å²) in [7, 11) is 1.65. The predicted octanol–water partition coefficient (Wildman–Crippen LogP) is 3.67. The maximum atomic E-state index is 6.01. The van der Waals surface area contributed by atoms with E-state index in [1.165, 1.54) is 11.3 Å². The molecule has 176 valence electrons. The fourth-order valence-electron chi connectivity index (χ4n) is 3.36. The van der Waals surface area contributed by atoms with Gasteiger partial charge in [-0.15, -0.1) is 24.0 Å². The van der Waals surface area contributed by atoms with E-state index in [0.717, 1.165) is 50.3 Å². The fraction of sp³-hybridized carbons (Fsp3) is 0.458. The average Bonchev–Trinajstić information content (AvgIpc) is 2.82. The highest BCUT2D eigenvalue weighted by atomic mass is 127. The summed E-state index contributed by atoms with van der Waals surface area (Å²) in [6.07, 6.45) is -0.0482. The van der Waals surface area contributed by atoms with Crippen LogP contribution in [0.1, 0.15) is 19.4 Å². The Bertz CT molecular complexity index is 826. The number of morpholine rings is 1. The van der Waals surface area contributed by atoms with Gasteiger partial charge in [0.15, 0.2) is 17.5 Å². The second-order valence-corrected chi connectivity index (χ2v) is 7.42. The zero-order valence-corrected chi connectivity index (χ0v) is 21.5. The summed E-state index contributed by atoms with van der Waals surface area (Å²) in [6, 6.07) is 16.3. The van der Waals surface area contributed by atoms with Crippen LogP contribution in [-0.4, -0.2) is 58.6 Å². The van der Waals surface area contributed by atoms with Crippen LogP contribution in [0.5, 0.6) is 11.5 Å². The van der Waals surface area contributed by atoms with E-state index >= 15 is 0 Å². The van der Waals surface area contributed by atoms with Crippen molar-refractivity contribution in [2.75, 3.05) is 51.4 Å². The summed E-state index contributed by atoms with van der Waals surface area (Å²) >= 11 is 0. The van der Waals surface area contributed by atoms with E-state index in [-0.39, 0.29) is 30.1 Å². The van der Waals surface area contributed by atoms with E-state index in [9.17, 15) is 0 Å². The van der Waals surface area contributed by atoms with Crippen LogP contribution in [-0.2, 0) is 11.3 Å². The Morgan fingerprint density at radius 3 is 2.41 bits per heavy atom. The van der Waals surface area contributed by atoms with E-state index in [1.807, 2.05) is 31.2 Å². The summed E-state index contributed by atoms with van der Waals surface area (Å²) in [6.45, 7) is 9.59. The Morgan fingerprint density at radius 1 is 1.06 bits per heavy atom. The molecule has 0 bridgehead atoms. The van der Waals surface area contributed by atoms with Crippen molar-refractivity contribution in [3.8, 4) is 11.5 Å². The van der Waals surface area contributed by atoms with Gasteiger partial charge in [0.1, 0.15) is 6.10 Å². The molecule has 0 spiro atoms. The first-order valence-corrected chi connectivity index (χ1v) is 10.9. The van der Waals surface area contributed by atoms with Gasteiger partial charge in [-0.3, -0.25) is 0 Å². The van der Waals surface area contributed by atoms with Crippen molar-refractivity contribution < 1.29 is 14.2 Å². The van der Waals surface area contributed by atoms with Crippen molar-refractivity contribution >= 4 is 35.6 Å². The number of aliphatic imine (C=N–C) groups is 1. The number of halogens is 1. The quantitative estimate of drug-likeness (QED) is 0.280. The van der Waals surface area contributed by atoms with Gasteiger partial charge < -0.3 is 29.7 Å². The molecule has 1 aliphatic heterocycles. The number of methoxy groups -OCH3 is 1. The van der Waals surface area contributed by atoms with Crippen molar-refractivity contribution in [3.05, 3.63) is 54.1 Å². The number of rotatable bonds is 9. The number of hydrogen-bond donors (Lipinski definition) is 2. The lowest BCUT2D eigenvalue weighted by molar-refractivity contribution is 0.122. The lowest BCUT2D eigenvalue weighted by Gasteiger charge is -2.28. The van der Waals surface area contributed by atoms with Crippen molar-refractivity contribution in [3.63, 3.8) is 0 Å². The van der Waals surface area contributed by atoms with Crippen LogP contribution in [0.2, 0.25) is 0 Å². The number of hydrogen-bond acceptors (Lipinski definition) is 5. The Morgan fingerprint density at radius 2 is 1.75 bits per heavy atom. The molecule has 3 rings (SSSR count). The SMILES string of the molecule is CCNC(=NCc1ccc(N2CCOCC2)cc1)NCC(C)Oc1ccccc1OC.I. The van der Waals surface area contributed by atoms with Gasteiger partial charge in [0.2, 0.25) is 0 Å². The number of guanidine groups is 1. The molecule has 0 amide bonds. The molecular formula is C24H35IN4O3.